The molecule has 5 nitrogen and oxygen atoms in total. The second-order valence-electron chi connectivity index (χ2n) is 4.93. The minimum Gasteiger partial charge on any atom is -0.357 e. The van der Waals surface area contributed by atoms with Gasteiger partial charge in [-0.1, -0.05) is 20.8 Å². The number of rotatable bonds is 4. The average Bonchev–Trinajstić information content (AvgIpc) is 2.14. The first kappa shape index (κ1) is 14.9. The van der Waals surface area contributed by atoms with Crippen LogP contribution in [0.3, 0.4) is 0 Å². The lowest BCUT2D eigenvalue weighted by molar-refractivity contribution is -0.130. The monoisotopic (exact) mass is 229 g/mol. The maximum atomic E-state index is 11.9. The Morgan fingerprint density at radius 2 is 1.56 bits per heavy atom. The Morgan fingerprint density at radius 1 is 1.06 bits per heavy atom. The zero-order chi connectivity index (χ0) is 12.9. The number of carbonyl (C=O) groups excluding carboxylic acids is 2. The standard InChI is InChI=1S/C11H23N3O2/c1-7(9(15)13-6)14-10(16)8(12-5)11(2,3)4/h7-8,12H,1-6H3,(H,13,15)(H,14,16)/t7-,8+/m0/s1. The summed E-state index contributed by atoms with van der Waals surface area (Å²) < 4.78 is 0. The maximum Gasteiger partial charge on any atom is 0.242 e. The van der Waals surface area contributed by atoms with Crippen LogP contribution in [0.15, 0.2) is 0 Å². The number of hydrogen-bond acceptors (Lipinski definition) is 3. The maximum absolute atomic E-state index is 11.9. The summed E-state index contributed by atoms with van der Waals surface area (Å²) in [6.07, 6.45) is 0. The molecule has 0 aliphatic heterocycles. The topological polar surface area (TPSA) is 70.2 Å². The fourth-order valence-electron chi connectivity index (χ4n) is 1.54. The normalized spacial score (nSPS) is 15.1. The highest BCUT2D eigenvalue weighted by Gasteiger charge is 2.31. The van der Waals surface area contributed by atoms with Gasteiger partial charge in [0, 0.05) is 7.05 Å². The molecule has 0 bridgehead atoms. The lowest BCUT2D eigenvalue weighted by Gasteiger charge is -2.30. The third kappa shape index (κ3) is 4.18. The van der Waals surface area contributed by atoms with Crippen LogP contribution in [0.4, 0.5) is 0 Å². The molecule has 2 amide bonds. The fraction of sp³-hybridized carbons (Fsp3) is 0.818. The van der Waals surface area contributed by atoms with Gasteiger partial charge >= 0.3 is 0 Å². The SMILES string of the molecule is CNC(=O)[C@H](C)NC(=O)[C@@H](NC)C(C)(C)C. The van der Waals surface area contributed by atoms with E-state index in [0.29, 0.717) is 0 Å². The average molecular weight is 229 g/mol. The second kappa shape index (κ2) is 5.84. The second-order valence-corrected chi connectivity index (χ2v) is 4.93. The minimum absolute atomic E-state index is 0.161. The van der Waals surface area contributed by atoms with Crippen molar-refractivity contribution < 1.29 is 9.59 Å². The summed E-state index contributed by atoms with van der Waals surface area (Å²) in [5.74, 6) is -0.358. The molecule has 0 aromatic rings. The van der Waals surface area contributed by atoms with Crippen molar-refractivity contribution in [3.8, 4) is 0 Å². The number of likely N-dealkylation sites (N-methyl/N-ethyl adjacent to an activating group) is 2. The highest BCUT2D eigenvalue weighted by Crippen LogP contribution is 2.18. The van der Waals surface area contributed by atoms with Gasteiger partial charge < -0.3 is 16.0 Å². The molecule has 0 heterocycles. The van der Waals surface area contributed by atoms with Crippen molar-refractivity contribution in [3.05, 3.63) is 0 Å². The molecule has 0 aliphatic rings. The van der Waals surface area contributed by atoms with E-state index in [1.807, 2.05) is 20.8 Å². The van der Waals surface area contributed by atoms with Crippen LogP contribution in [-0.4, -0.2) is 38.0 Å². The summed E-state index contributed by atoms with van der Waals surface area (Å²) in [5.41, 5.74) is -0.193. The predicted molar refractivity (Wildman–Crippen MR) is 64.0 cm³/mol. The van der Waals surface area contributed by atoms with E-state index < -0.39 is 6.04 Å². The molecule has 3 N–H and O–H groups in total. The van der Waals surface area contributed by atoms with Gasteiger partial charge in [0.2, 0.25) is 11.8 Å². The first-order chi connectivity index (χ1) is 7.23. The minimum atomic E-state index is -0.518. The lowest BCUT2D eigenvalue weighted by Crippen LogP contribution is -2.54. The van der Waals surface area contributed by atoms with Crippen molar-refractivity contribution in [2.45, 2.75) is 39.8 Å². The van der Waals surface area contributed by atoms with E-state index in [9.17, 15) is 9.59 Å². The molecule has 0 unspecified atom stereocenters. The molecule has 94 valence electrons. The van der Waals surface area contributed by atoms with Crippen LogP contribution in [0, 0.1) is 5.41 Å². The van der Waals surface area contributed by atoms with Gasteiger partial charge in [0.1, 0.15) is 6.04 Å². The summed E-state index contributed by atoms with van der Waals surface area (Å²) in [7, 11) is 3.28. The van der Waals surface area contributed by atoms with E-state index in [2.05, 4.69) is 16.0 Å². The Labute approximate surface area is 97.4 Å². The van der Waals surface area contributed by atoms with Crippen LogP contribution in [0.1, 0.15) is 27.7 Å². The third-order valence-electron chi connectivity index (χ3n) is 2.42. The molecule has 0 radical (unpaired) electrons. The molecule has 0 fully saturated rings. The Balaban J connectivity index is 4.50. The van der Waals surface area contributed by atoms with Crippen molar-refractivity contribution >= 4 is 11.8 Å². The molecule has 0 saturated heterocycles. The van der Waals surface area contributed by atoms with E-state index in [4.69, 9.17) is 0 Å². The van der Waals surface area contributed by atoms with Crippen LogP contribution >= 0.6 is 0 Å². The van der Waals surface area contributed by atoms with E-state index in [1.165, 1.54) is 0 Å². The number of nitrogens with one attached hydrogen (secondary N) is 3. The van der Waals surface area contributed by atoms with Gasteiger partial charge in [0.25, 0.3) is 0 Å². The van der Waals surface area contributed by atoms with E-state index in [0.717, 1.165) is 0 Å². The van der Waals surface area contributed by atoms with Gasteiger partial charge in [-0.2, -0.15) is 0 Å². The van der Waals surface area contributed by atoms with Crippen molar-refractivity contribution in [1.82, 2.24) is 16.0 Å². The smallest absolute Gasteiger partial charge is 0.242 e. The van der Waals surface area contributed by atoms with Crippen molar-refractivity contribution in [1.29, 1.82) is 0 Å². The largest absolute Gasteiger partial charge is 0.357 e. The molecule has 5 heteroatoms. The fourth-order valence-corrected chi connectivity index (χ4v) is 1.54. The molecule has 16 heavy (non-hydrogen) atoms. The molecule has 0 rings (SSSR count). The molecule has 2 atom stereocenters. The highest BCUT2D eigenvalue weighted by molar-refractivity contribution is 5.89. The van der Waals surface area contributed by atoms with Gasteiger partial charge in [-0.15, -0.1) is 0 Å². The Bertz CT molecular complexity index is 258. The first-order valence-corrected chi connectivity index (χ1v) is 5.43. The summed E-state index contributed by atoms with van der Waals surface area (Å²) in [5, 5.41) is 8.13. The molecule has 0 aromatic heterocycles. The van der Waals surface area contributed by atoms with Crippen molar-refractivity contribution in [2.75, 3.05) is 14.1 Å². The first-order valence-electron chi connectivity index (χ1n) is 5.43. The molecule has 0 aromatic carbocycles. The molecule has 0 aliphatic carbocycles. The van der Waals surface area contributed by atoms with Crippen LogP contribution in [0.5, 0.6) is 0 Å². The van der Waals surface area contributed by atoms with Crippen molar-refractivity contribution in [3.63, 3.8) is 0 Å². The zero-order valence-corrected chi connectivity index (χ0v) is 11.0. The lowest BCUT2D eigenvalue weighted by atomic mass is 9.86. The Hall–Kier alpha value is -1.10. The summed E-state index contributed by atoms with van der Waals surface area (Å²) in [6, 6.07) is -0.838. The predicted octanol–water partition coefficient (Wildman–Crippen LogP) is -0.129. The quantitative estimate of drug-likeness (QED) is 0.629. The number of carbonyl (C=O) groups is 2. The van der Waals surface area contributed by atoms with Gasteiger partial charge in [-0.3, -0.25) is 9.59 Å². The Morgan fingerprint density at radius 3 is 1.88 bits per heavy atom. The van der Waals surface area contributed by atoms with Gasteiger partial charge in [-0.25, -0.2) is 0 Å². The summed E-state index contributed by atoms with van der Waals surface area (Å²) in [4.78, 5) is 23.2. The third-order valence-corrected chi connectivity index (χ3v) is 2.42. The summed E-state index contributed by atoms with van der Waals surface area (Å²) >= 11 is 0. The van der Waals surface area contributed by atoms with Crippen LogP contribution in [-0.2, 0) is 9.59 Å². The molecular weight excluding hydrogens is 206 g/mol. The number of hydrogen-bond donors (Lipinski definition) is 3. The molecule has 0 spiro atoms. The van der Waals surface area contributed by atoms with Crippen LogP contribution in [0.25, 0.3) is 0 Å². The van der Waals surface area contributed by atoms with Crippen molar-refractivity contribution in [2.24, 2.45) is 5.41 Å². The van der Waals surface area contributed by atoms with E-state index in [-0.39, 0.29) is 23.3 Å². The van der Waals surface area contributed by atoms with E-state index >= 15 is 0 Å². The van der Waals surface area contributed by atoms with Gasteiger partial charge in [0.05, 0.1) is 6.04 Å². The molecular formula is C11H23N3O2. The highest BCUT2D eigenvalue weighted by atomic mass is 16.2. The van der Waals surface area contributed by atoms with Crippen LogP contribution in [0.2, 0.25) is 0 Å². The zero-order valence-electron chi connectivity index (χ0n) is 11.0. The Kier molecular flexibility index (Phi) is 5.44. The molecule has 0 saturated carbocycles. The van der Waals surface area contributed by atoms with Crippen LogP contribution < -0.4 is 16.0 Å². The van der Waals surface area contributed by atoms with Gasteiger partial charge in [0.15, 0.2) is 0 Å². The summed E-state index contributed by atoms with van der Waals surface area (Å²) in [6.45, 7) is 7.57. The number of amides is 2. The van der Waals surface area contributed by atoms with Gasteiger partial charge in [-0.05, 0) is 19.4 Å². The van der Waals surface area contributed by atoms with E-state index in [1.54, 1.807) is 21.0 Å².